The van der Waals surface area contributed by atoms with E-state index in [4.69, 9.17) is 23.7 Å². The highest BCUT2D eigenvalue weighted by Crippen LogP contribution is 2.39. The summed E-state index contributed by atoms with van der Waals surface area (Å²) in [6.07, 6.45) is 4.93. The van der Waals surface area contributed by atoms with E-state index < -0.39 is 83.9 Å². The highest BCUT2D eigenvalue weighted by atomic mass is 16.7. The summed E-state index contributed by atoms with van der Waals surface area (Å²) in [4.78, 5) is 57.8. The number of nitrogens with zero attached hydrogens (tertiary/aromatic N) is 1. The molecule has 0 radical (unpaired) electrons. The minimum absolute atomic E-state index is 0. The molecular formula is C44H71NO13. The predicted octanol–water partition coefficient (Wildman–Crippen LogP) is 3.81. The number of piperidine rings is 1. The fourth-order valence-electron chi connectivity index (χ4n) is 9.42. The van der Waals surface area contributed by atoms with Gasteiger partial charge in [0.1, 0.15) is 24.0 Å². The van der Waals surface area contributed by atoms with Gasteiger partial charge in [0.25, 0.3) is 11.7 Å². The molecule has 0 spiro atoms. The van der Waals surface area contributed by atoms with Crippen LogP contribution < -0.4 is 0 Å². The number of carbonyl (C=O) groups is 4. The van der Waals surface area contributed by atoms with E-state index in [2.05, 4.69) is 6.58 Å². The third kappa shape index (κ3) is 11.7. The zero-order valence-corrected chi connectivity index (χ0v) is 35.9. The van der Waals surface area contributed by atoms with Crippen LogP contribution in [0, 0.1) is 29.6 Å². The molecule has 0 aromatic rings. The van der Waals surface area contributed by atoms with Crippen molar-refractivity contribution in [1.82, 2.24) is 4.90 Å². The van der Waals surface area contributed by atoms with Gasteiger partial charge in [-0.25, -0.2) is 4.79 Å². The number of hydrogen-bond donors (Lipinski definition) is 3. The van der Waals surface area contributed by atoms with Crippen LogP contribution in [-0.4, -0.2) is 132 Å². The van der Waals surface area contributed by atoms with Gasteiger partial charge in [0.2, 0.25) is 5.79 Å². The maximum absolute atomic E-state index is 14.3. The molecule has 2 bridgehead atoms. The van der Waals surface area contributed by atoms with E-state index in [0.717, 1.165) is 5.57 Å². The lowest BCUT2D eigenvalue weighted by atomic mass is 9.81. The minimum Gasteiger partial charge on any atom is -0.456 e. The van der Waals surface area contributed by atoms with E-state index in [1.54, 1.807) is 27.0 Å². The van der Waals surface area contributed by atoms with E-state index in [1.165, 1.54) is 19.1 Å². The minimum atomic E-state index is -2.51. The number of rotatable bonds is 7. The normalized spacial score (nSPS) is 39.4. The topological polar surface area (TPSA) is 210 Å². The van der Waals surface area contributed by atoms with Gasteiger partial charge in [-0.3, -0.25) is 14.4 Å². The molecule has 0 aromatic carbocycles. The van der Waals surface area contributed by atoms with Gasteiger partial charge in [-0.1, -0.05) is 44.6 Å². The monoisotopic (exact) mass is 821 g/mol. The molecule has 3 fully saturated rings. The molecule has 0 aromatic heterocycles. The predicted molar refractivity (Wildman–Crippen MR) is 216 cm³/mol. The lowest BCUT2D eigenvalue weighted by Gasteiger charge is -2.47. The smallest absolute Gasteiger partial charge is 0.329 e. The van der Waals surface area contributed by atoms with Gasteiger partial charge in [-0.15, -0.1) is 6.58 Å². The molecule has 2 saturated heterocycles. The van der Waals surface area contributed by atoms with Crippen LogP contribution in [0.25, 0.3) is 0 Å². The maximum atomic E-state index is 14.3. The summed E-state index contributed by atoms with van der Waals surface area (Å²) < 4.78 is 29.7. The SMILES string of the molecule is C=CCC1C=C(C)CC(C)CC(OC)C2O[C@@](O)(C(=O)C(=O)N3CCCCC3C(=O)OC(C(C)=CC3CCC(O)C(OC)C3)C(C)C(O)CC1=O)C(C)CC2OC.O. The van der Waals surface area contributed by atoms with Gasteiger partial charge in [-0.2, -0.15) is 0 Å². The van der Waals surface area contributed by atoms with E-state index >= 15 is 0 Å². The van der Waals surface area contributed by atoms with Crippen LogP contribution in [0.4, 0.5) is 0 Å². The molecule has 3 heterocycles. The molecule has 5 N–H and O–H groups in total. The molecular weight excluding hydrogens is 750 g/mol. The molecule has 1 aliphatic carbocycles. The van der Waals surface area contributed by atoms with Crippen molar-refractivity contribution in [2.45, 2.75) is 160 Å². The molecule has 14 heteroatoms. The van der Waals surface area contributed by atoms with Crippen LogP contribution in [0.5, 0.6) is 0 Å². The highest BCUT2D eigenvalue weighted by molar-refractivity contribution is 6.39. The average molecular weight is 822 g/mol. The van der Waals surface area contributed by atoms with Crippen LogP contribution in [0.2, 0.25) is 0 Å². The van der Waals surface area contributed by atoms with Gasteiger partial charge >= 0.3 is 5.97 Å². The standard InChI is InChI=1S/C44H69NO12.H2O/c1-10-13-31-19-25(2)18-26(3)20-37(54-8)40-38(55-9)22-28(5)44(52,57-40)41(49)42(50)45-17-12-11-14-32(45)43(51)56-39(29(6)34(47)24-35(31)48)27(4)21-30-15-16-33(46)36(23-30)53-7;/h10,19,21,26,28-34,36-40,46-47,52H,1,11-18,20,22-24H2,2-9H3;1H2/t26?,28?,29?,30?,31?,32?,33?,34?,36?,37?,38?,39?,40?,44-;/m1./s1. The molecule has 13 unspecified atom stereocenters. The number of ketones is 2. The largest absolute Gasteiger partial charge is 0.456 e. The number of aliphatic hydroxyl groups excluding tert-OH is 2. The summed E-state index contributed by atoms with van der Waals surface area (Å²) in [6, 6.07) is -1.14. The Morgan fingerprint density at radius 1 is 0.931 bits per heavy atom. The number of fused-ring (bicyclic) bond motifs is 3. The number of allylic oxidation sites excluding steroid dienone is 4. The van der Waals surface area contributed by atoms with Crippen molar-refractivity contribution in [1.29, 1.82) is 0 Å². The summed E-state index contributed by atoms with van der Waals surface area (Å²) in [5, 5.41) is 34.1. The maximum Gasteiger partial charge on any atom is 0.329 e. The average Bonchev–Trinajstić information content (AvgIpc) is 3.18. The quantitative estimate of drug-likeness (QED) is 0.190. The fourth-order valence-corrected chi connectivity index (χ4v) is 9.42. The first-order valence-corrected chi connectivity index (χ1v) is 20.9. The lowest BCUT2D eigenvalue weighted by Crippen LogP contribution is -2.64. The second-order valence-electron chi connectivity index (χ2n) is 17.3. The fraction of sp³-hybridized carbons (Fsp3) is 0.773. The van der Waals surface area contributed by atoms with E-state index in [9.17, 15) is 34.5 Å². The number of hydrogen-bond acceptors (Lipinski definition) is 12. The van der Waals surface area contributed by atoms with Gasteiger partial charge in [0.05, 0.1) is 30.5 Å². The molecule has 1 amide bonds. The van der Waals surface area contributed by atoms with E-state index in [1.807, 2.05) is 32.9 Å². The molecule has 4 aliphatic rings. The highest BCUT2D eigenvalue weighted by Gasteiger charge is 2.56. The Morgan fingerprint density at radius 2 is 1.59 bits per heavy atom. The summed E-state index contributed by atoms with van der Waals surface area (Å²) in [5.41, 5.74) is 1.61. The number of cyclic esters (lactones) is 1. The third-order valence-corrected chi connectivity index (χ3v) is 12.9. The van der Waals surface area contributed by atoms with Gasteiger partial charge in [-0.05, 0) is 95.5 Å². The second-order valence-corrected chi connectivity index (χ2v) is 17.3. The van der Waals surface area contributed by atoms with Crippen LogP contribution in [0.1, 0.15) is 105 Å². The van der Waals surface area contributed by atoms with E-state index in [-0.39, 0.29) is 55.0 Å². The molecule has 58 heavy (non-hydrogen) atoms. The van der Waals surface area contributed by atoms with Crippen molar-refractivity contribution in [3.63, 3.8) is 0 Å². The number of aliphatic hydroxyl groups is 3. The van der Waals surface area contributed by atoms with Crippen molar-refractivity contribution < 1.29 is 63.7 Å². The molecule has 4 rings (SSSR count). The molecule has 3 aliphatic heterocycles. The first kappa shape index (κ1) is 49.5. The van der Waals surface area contributed by atoms with Crippen LogP contribution in [0.15, 0.2) is 36.0 Å². The Labute approximate surface area is 344 Å². The van der Waals surface area contributed by atoms with Crippen molar-refractivity contribution in [2.75, 3.05) is 27.9 Å². The zero-order valence-electron chi connectivity index (χ0n) is 35.9. The second kappa shape index (κ2) is 22.1. The lowest BCUT2D eigenvalue weighted by molar-refractivity contribution is -0.302. The van der Waals surface area contributed by atoms with Gasteiger partial charge in [0, 0.05) is 52.0 Å². The summed E-state index contributed by atoms with van der Waals surface area (Å²) >= 11 is 0. The number of carbonyl (C=O) groups excluding carboxylic acids is 4. The van der Waals surface area contributed by atoms with Crippen molar-refractivity contribution in [3.8, 4) is 0 Å². The summed E-state index contributed by atoms with van der Waals surface area (Å²) in [6.45, 7) is 13.1. The Hall–Kier alpha value is -2.82. The number of ether oxygens (including phenoxy) is 5. The molecule has 1 saturated carbocycles. The number of esters is 1. The molecule has 330 valence electrons. The Kier molecular flexibility index (Phi) is 18.9. The third-order valence-electron chi connectivity index (χ3n) is 12.9. The van der Waals surface area contributed by atoms with Crippen molar-refractivity contribution >= 4 is 23.4 Å². The van der Waals surface area contributed by atoms with Gasteiger partial charge in [0.15, 0.2) is 0 Å². The van der Waals surface area contributed by atoms with Crippen LogP contribution >= 0.6 is 0 Å². The van der Waals surface area contributed by atoms with Crippen LogP contribution in [0.3, 0.4) is 0 Å². The zero-order chi connectivity index (χ0) is 42.2. The number of methoxy groups -OCH3 is 3. The van der Waals surface area contributed by atoms with Crippen molar-refractivity contribution in [3.05, 3.63) is 36.0 Å². The molecule has 14 nitrogen and oxygen atoms in total. The summed E-state index contributed by atoms with van der Waals surface area (Å²) in [5.74, 6) is -7.76. The Balaban J connectivity index is 0.00000900. The Morgan fingerprint density at radius 3 is 2.22 bits per heavy atom. The first-order chi connectivity index (χ1) is 27.0. The number of amides is 1. The molecule has 14 atom stereocenters. The van der Waals surface area contributed by atoms with Gasteiger partial charge < -0.3 is 49.4 Å². The van der Waals surface area contributed by atoms with E-state index in [0.29, 0.717) is 56.9 Å². The van der Waals surface area contributed by atoms with Crippen molar-refractivity contribution in [2.24, 2.45) is 29.6 Å². The Bertz CT molecular complexity index is 1480. The summed E-state index contributed by atoms with van der Waals surface area (Å²) in [7, 11) is 4.61. The van der Waals surface area contributed by atoms with Crippen LogP contribution in [-0.2, 0) is 42.9 Å². The number of Topliss-reactive ketones (excluding diaryl/α,β-unsaturated/α-hetero) is 2. The first-order valence-electron chi connectivity index (χ1n) is 20.9.